The molecule has 0 spiro atoms. The number of hydrogen-bond donors (Lipinski definition) is 1. The first-order chi connectivity index (χ1) is 8.66. The monoisotopic (exact) mass is 250 g/mol. The van der Waals surface area contributed by atoms with Gasteiger partial charge in [-0.1, -0.05) is 0 Å². The summed E-state index contributed by atoms with van der Waals surface area (Å²) in [6.07, 6.45) is 4.47. The van der Waals surface area contributed by atoms with Gasteiger partial charge in [0.25, 0.3) is 0 Å². The molecule has 2 rings (SSSR count). The average molecular weight is 250 g/mol. The summed E-state index contributed by atoms with van der Waals surface area (Å²) in [7, 11) is 0. The standard InChI is InChI=1S/C13H15FN2O2/c1-10(17)12-8-11(14)2-3-13(12)18-7-6-16-5-4-15-9-16/h2-5,8-10,17H,6-7H2,1H3. The van der Waals surface area contributed by atoms with Crippen molar-refractivity contribution >= 4 is 0 Å². The fourth-order valence-corrected chi connectivity index (χ4v) is 1.66. The van der Waals surface area contributed by atoms with Crippen LogP contribution in [0.2, 0.25) is 0 Å². The Kier molecular flexibility index (Phi) is 3.94. The van der Waals surface area contributed by atoms with Gasteiger partial charge in [0, 0.05) is 18.0 Å². The third-order valence-electron chi connectivity index (χ3n) is 2.59. The Balaban J connectivity index is 2.00. The van der Waals surface area contributed by atoms with E-state index in [9.17, 15) is 9.50 Å². The van der Waals surface area contributed by atoms with Gasteiger partial charge in [0.05, 0.1) is 19.0 Å². The first-order valence-corrected chi connectivity index (χ1v) is 5.73. The molecular formula is C13H15FN2O2. The van der Waals surface area contributed by atoms with E-state index in [1.165, 1.54) is 18.2 Å². The number of benzene rings is 1. The normalized spacial score (nSPS) is 12.4. The quantitative estimate of drug-likeness (QED) is 0.884. The van der Waals surface area contributed by atoms with Gasteiger partial charge in [-0.3, -0.25) is 0 Å². The zero-order valence-corrected chi connectivity index (χ0v) is 10.1. The highest BCUT2D eigenvalue weighted by atomic mass is 19.1. The molecule has 0 fully saturated rings. The molecule has 1 aromatic carbocycles. The van der Waals surface area contributed by atoms with E-state index in [1.807, 2.05) is 10.8 Å². The summed E-state index contributed by atoms with van der Waals surface area (Å²) in [6.45, 7) is 2.66. The lowest BCUT2D eigenvalue weighted by Crippen LogP contribution is -2.08. The summed E-state index contributed by atoms with van der Waals surface area (Å²) < 4.78 is 20.5. The molecule has 0 aliphatic rings. The van der Waals surface area contributed by atoms with Crippen LogP contribution >= 0.6 is 0 Å². The van der Waals surface area contributed by atoms with E-state index in [0.717, 1.165) is 0 Å². The van der Waals surface area contributed by atoms with Crippen molar-refractivity contribution < 1.29 is 14.2 Å². The van der Waals surface area contributed by atoms with Gasteiger partial charge in [0.15, 0.2) is 0 Å². The number of imidazole rings is 1. The second-order valence-electron chi connectivity index (χ2n) is 4.01. The summed E-state index contributed by atoms with van der Waals surface area (Å²) >= 11 is 0. The van der Waals surface area contributed by atoms with E-state index in [0.29, 0.717) is 24.5 Å². The Morgan fingerprint density at radius 3 is 3.00 bits per heavy atom. The second kappa shape index (κ2) is 5.64. The number of hydrogen-bond acceptors (Lipinski definition) is 3. The molecule has 0 bridgehead atoms. The van der Waals surface area contributed by atoms with Gasteiger partial charge in [-0.2, -0.15) is 0 Å². The molecule has 1 N–H and O–H groups in total. The smallest absolute Gasteiger partial charge is 0.125 e. The average Bonchev–Trinajstić information content (AvgIpc) is 2.84. The van der Waals surface area contributed by atoms with Crippen molar-refractivity contribution in [3.8, 4) is 5.75 Å². The van der Waals surface area contributed by atoms with Gasteiger partial charge in [0.1, 0.15) is 18.2 Å². The molecule has 5 heteroatoms. The minimum atomic E-state index is -0.760. The maximum Gasteiger partial charge on any atom is 0.125 e. The molecular weight excluding hydrogens is 235 g/mol. The first-order valence-electron chi connectivity index (χ1n) is 5.73. The largest absolute Gasteiger partial charge is 0.491 e. The van der Waals surface area contributed by atoms with Crippen molar-refractivity contribution in [1.29, 1.82) is 0 Å². The Morgan fingerprint density at radius 2 is 2.33 bits per heavy atom. The topological polar surface area (TPSA) is 47.3 Å². The highest BCUT2D eigenvalue weighted by Crippen LogP contribution is 2.25. The van der Waals surface area contributed by atoms with Crippen LogP contribution in [0.15, 0.2) is 36.9 Å². The molecule has 1 heterocycles. The summed E-state index contributed by atoms with van der Waals surface area (Å²) in [4.78, 5) is 3.92. The SMILES string of the molecule is CC(O)c1cc(F)ccc1OCCn1ccnc1. The molecule has 0 saturated carbocycles. The summed E-state index contributed by atoms with van der Waals surface area (Å²) in [5.74, 6) is 0.124. The molecule has 0 amide bonds. The van der Waals surface area contributed by atoms with E-state index >= 15 is 0 Å². The molecule has 1 unspecified atom stereocenters. The van der Waals surface area contributed by atoms with Gasteiger partial charge in [-0.05, 0) is 25.1 Å². The van der Waals surface area contributed by atoms with E-state index < -0.39 is 6.10 Å². The number of ether oxygens (including phenoxy) is 1. The summed E-state index contributed by atoms with van der Waals surface area (Å²) in [5.41, 5.74) is 0.459. The molecule has 0 saturated heterocycles. The lowest BCUT2D eigenvalue weighted by molar-refractivity contribution is 0.189. The van der Waals surface area contributed by atoms with E-state index in [-0.39, 0.29) is 5.82 Å². The van der Waals surface area contributed by atoms with Crippen molar-refractivity contribution in [2.45, 2.75) is 19.6 Å². The minimum Gasteiger partial charge on any atom is -0.491 e. The molecule has 4 nitrogen and oxygen atoms in total. The zero-order valence-electron chi connectivity index (χ0n) is 10.1. The van der Waals surface area contributed by atoms with Crippen LogP contribution < -0.4 is 4.74 Å². The predicted molar refractivity (Wildman–Crippen MR) is 64.8 cm³/mol. The number of aliphatic hydroxyl groups excluding tert-OH is 1. The maximum atomic E-state index is 13.1. The lowest BCUT2D eigenvalue weighted by atomic mass is 10.1. The number of aliphatic hydroxyl groups is 1. The van der Waals surface area contributed by atoms with Crippen LogP contribution in [-0.2, 0) is 6.54 Å². The molecule has 0 aliphatic heterocycles. The number of halogens is 1. The fraction of sp³-hybridized carbons (Fsp3) is 0.308. The molecule has 18 heavy (non-hydrogen) atoms. The van der Waals surface area contributed by atoms with E-state index in [4.69, 9.17) is 4.74 Å². The fourth-order valence-electron chi connectivity index (χ4n) is 1.66. The highest BCUT2D eigenvalue weighted by molar-refractivity contribution is 5.35. The van der Waals surface area contributed by atoms with Crippen molar-refractivity contribution in [1.82, 2.24) is 9.55 Å². The highest BCUT2D eigenvalue weighted by Gasteiger charge is 2.10. The summed E-state index contributed by atoms with van der Waals surface area (Å²) in [6, 6.07) is 4.14. The number of aromatic nitrogens is 2. The second-order valence-corrected chi connectivity index (χ2v) is 4.01. The predicted octanol–water partition coefficient (Wildman–Crippen LogP) is 2.15. The van der Waals surface area contributed by atoms with Crippen LogP contribution in [0.4, 0.5) is 4.39 Å². The van der Waals surface area contributed by atoms with Crippen molar-refractivity contribution in [2.75, 3.05) is 6.61 Å². The Bertz CT molecular complexity index is 498. The molecule has 0 radical (unpaired) electrons. The van der Waals surface area contributed by atoms with Crippen LogP contribution in [0.1, 0.15) is 18.6 Å². The first kappa shape index (κ1) is 12.6. The van der Waals surface area contributed by atoms with E-state index in [1.54, 1.807) is 19.4 Å². The zero-order chi connectivity index (χ0) is 13.0. The molecule has 96 valence electrons. The Morgan fingerprint density at radius 1 is 1.50 bits per heavy atom. The van der Waals surface area contributed by atoms with Crippen molar-refractivity contribution in [3.05, 3.63) is 48.3 Å². The van der Waals surface area contributed by atoms with E-state index in [2.05, 4.69) is 4.98 Å². The minimum absolute atomic E-state index is 0.382. The van der Waals surface area contributed by atoms with Gasteiger partial charge in [-0.25, -0.2) is 9.37 Å². The van der Waals surface area contributed by atoms with Crippen molar-refractivity contribution in [3.63, 3.8) is 0 Å². The van der Waals surface area contributed by atoms with Crippen LogP contribution in [-0.4, -0.2) is 21.3 Å². The van der Waals surface area contributed by atoms with Gasteiger partial charge in [0.2, 0.25) is 0 Å². The summed E-state index contributed by atoms with van der Waals surface area (Å²) in [5, 5.41) is 9.55. The number of rotatable bonds is 5. The lowest BCUT2D eigenvalue weighted by Gasteiger charge is -2.13. The molecule has 0 aliphatic carbocycles. The third kappa shape index (κ3) is 3.07. The van der Waals surface area contributed by atoms with Gasteiger partial charge < -0.3 is 14.4 Å². The van der Waals surface area contributed by atoms with Crippen molar-refractivity contribution in [2.24, 2.45) is 0 Å². The molecule has 1 atom stereocenters. The Hall–Kier alpha value is -1.88. The van der Waals surface area contributed by atoms with Crippen LogP contribution in [0.5, 0.6) is 5.75 Å². The molecule has 1 aromatic heterocycles. The van der Waals surface area contributed by atoms with Crippen LogP contribution in [0.3, 0.4) is 0 Å². The maximum absolute atomic E-state index is 13.1. The number of nitrogens with zero attached hydrogens (tertiary/aromatic N) is 2. The van der Waals surface area contributed by atoms with Gasteiger partial charge in [-0.15, -0.1) is 0 Å². The van der Waals surface area contributed by atoms with Gasteiger partial charge >= 0.3 is 0 Å². The van der Waals surface area contributed by atoms with Crippen LogP contribution in [0.25, 0.3) is 0 Å². The van der Waals surface area contributed by atoms with Crippen LogP contribution in [0, 0.1) is 5.82 Å². The third-order valence-corrected chi connectivity index (χ3v) is 2.59. The Labute approximate surface area is 105 Å². The molecule has 2 aromatic rings.